The quantitative estimate of drug-likeness (QED) is 0.516. The third-order valence-corrected chi connectivity index (χ3v) is 6.06. The van der Waals surface area contributed by atoms with Crippen molar-refractivity contribution in [3.63, 3.8) is 0 Å². The van der Waals surface area contributed by atoms with Crippen LogP contribution < -0.4 is 10.6 Å². The van der Waals surface area contributed by atoms with Gasteiger partial charge in [-0.15, -0.1) is 0 Å². The highest BCUT2D eigenvalue weighted by Crippen LogP contribution is 2.30. The molecule has 1 fully saturated rings. The molecular weight excluding hydrogens is 394 g/mol. The molecule has 0 spiro atoms. The molecule has 3 rings (SSSR count). The Morgan fingerprint density at radius 1 is 0.968 bits per heavy atom. The second kappa shape index (κ2) is 9.62. The van der Waals surface area contributed by atoms with Crippen LogP contribution in [-0.4, -0.2) is 47.2 Å². The zero-order valence-corrected chi connectivity index (χ0v) is 18.8. The molecule has 31 heavy (non-hydrogen) atoms. The van der Waals surface area contributed by atoms with Gasteiger partial charge < -0.3 is 10.6 Å². The van der Waals surface area contributed by atoms with Crippen LogP contribution in [0.3, 0.4) is 0 Å². The Hall–Kier alpha value is -2.70. The third kappa shape index (κ3) is 5.51. The van der Waals surface area contributed by atoms with Crippen molar-refractivity contribution in [2.24, 2.45) is 5.92 Å². The van der Waals surface area contributed by atoms with E-state index < -0.39 is 5.54 Å². The van der Waals surface area contributed by atoms with Gasteiger partial charge in [0.25, 0.3) is 17.7 Å². The Kier molecular flexibility index (Phi) is 7.13. The van der Waals surface area contributed by atoms with Crippen molar-refractivity contribution in [3.05, 3.63) is 34.9 Å². The predicted molar refractivity (Wildman–Crippen MR) is 118 cm³/mol. The van der Waals surface area contributed by atoms with Crippen molar-refractivity contribution < 1.29 is 19.2 Å². The smallest absolute Gasteiger partial charge is 0.262 e. The van der Waals surface area contributed by atoms with Gasteiger partial charge in [-0.25, -0.2) is 0 Å². The molecular formula is C24H33N3O4. The van der Waals surface area contributed by atoms with E-state index in [-0.39, 0.29) is 29.2 Å². The number of carbonyl (C=O) groups excluding carboxylic acids is 4. The lowest BCUT2D eigenvalue weighted by Gasteiger charge is -2.29. The fourth-order valence-electron chi connectivity index (χ4n) is 4.37. The number of rotatable bonds is 7. The maximum absolute atomic E-state index is 12.7. The average Bonchev–Trinajstić information content (AvgIpc) is 3.00. The number of imide groups is 1. The number of carbonyl (C=O) groups is 4. The van der Waals surface area contributed by atoms with E-state index in [9.17, 15) is 19.2 Å². The molecule has 0 bridgehead atoms. The Labute approximate surface area is 183 Å². The van der Waals surface area contributed by atoms with E-state index >= 15 is 0 Å². The molecule has 168 valence electrons. The zero-order valence-electron chi connectivity index (χ0n) is 18.8. The van der Waals surface area contributed by atoms with Crippen LogP contribution in [0.25, 0.3) is 0 Å². The van der Waals surface area contributed by atoms with Gasteiger partial charge in [-0.2, -0.15) is 0 Å². The van der Waals surface area contributed by atoms with Crippen LogP contribution >= 0.6 is 0 Å². The van der Waals surface area contributed by atoms with E-state index in [1.807, 2.05) is 0 Å². The highest BCUT2D eigenvalue weighted by Gasteiger charge is 2.42. The van der Waals surface area contributed by atoms with Crippen molar-refractivity contribution in [1.29, 1.82) is 0 Å². The molecule has 1 aliphatic carbocycles. The molecule has 0 radical (unpaired) electrons. The van der Waals surface area contributed by atoms with Crippen molar-refractivity contribution in [3.8, 4) is 0 Å². The average molecular weight is 428 g/mol. The minimum atomic E-state index is -0.634. The van der Waals surface area contributed by atoms with Gasteiger partial charge in [0, 0.05) is 30.6 Å². The molecule has 2 aliphatic rings. The van der Waals surface area contributed by atoms with E-state index in [1.165, 1.54) is 49.1 Å². The van der Waals surface area contributed by atoms with Gasteiger partial charge in [-0.3, -0.25) is 24.1 Å². The lowest BCUT2D eigenvalue weighted by molar-refractivity contribution is -0.121. The van der Waals surface area contributed by atoms with Gasteiger partial charge in [0.05, 0.1) is 11.1 Å². The maximum atomic E-state index is 12.7. The Balaban J connectivity index is 1.45. The minimum Gasteiger partial charge on any atom is -0.354 e. The van der Waals surface area contributed by atoms with Crippen LogP contribution in [0.15, 0.2) is 18.2 Å². The molecule has 7 nitrogen and oxygen atoms in total. The van der Waals surface area contributed by atoms with Gasteiger partial charge in [0.1, 0.15) is 0 Å². The Bertz CT molecular complexity index is 866. The second-order valence-corrected chi connectivity index (χ2v) is 9.53. The number of amides is 4. The summed E-state index contributed by atoms with van der Waals surface area (Å²) in [5.74, 6) is -0.372. The van der Waals surface area contributed by atoms with E-state index in [4.69, 9.17) is 0 Å². The molecule has 4 amide bonds. The molecule has 1 aromatic carbocycles. The van der Waals surface area contributed by atoms with Gasteiger partial charge in [0.15, 0.2) is 0 Å². The summed E-state index contributed by atoms with van der Waals surface area (Å²) >= 11 is 0. The molecule has 2 N–H and O–H groups in total. The lowest BCUT2D eigenvalue weighted by Crippen LogP contribution is -2.45. The summed E-state index contributed by atoms with van der Waals surface area (Å²) < 4.78 is 0. The van der Waals surface area contributed by atoms with Crippen LogP contribution in [0, 0.1) is 5.92 Å². The molecule has 0 aromatic heterocycles. The molecule has 1 aliphatic heterocycles. The summed E-state index contributed by atoms with van der Waals surface area (Å²) in [5, 5.41) is 5.60. The molecule has 7 heteroatoms. The summed E-state index contributed by atoms with van der Waals surface area (Å²) in [6.45, 7) is 6.05. The first-order valence-electron chi connectivity index (χ1n) is 11.3. The molecule has 1 heterocycles. The number of nitrogens with one attached hydrogen (secondary N) is 2. The summed E-state index contributed by atoms with van der Waals surface area (Å²) in [4.78, 5) is 50.9. The van der Waals surface area contributed by atoms with Gasteiger partial charge >= 0.3 is 0 Å². The summed E-state index contributed by atoms with van der Waals surface area (Å²) in [7, 11) is 0. The van der Waals surface area contributed by atoms with Crippen molar-refractivity contribution in [1.82, 2.24) is 15.5 Å². The topological polar surface area (TPSA) is 95.6 Å². The van der Waals surface area contributed by atoms with Crippen LogP contribution in [0.4, 0.5) is 0 Å². The van der Waals surface area contributed by atoms with Gasteiger partial charge in [0.2, 0.25) is 5.91 Å². The van der Waals surface area contributed by atoms with Gasteiger partial charge in [-0.1, -0.05) is 32.1 Å². The van der Waals surface area contributed by atoms with E-state index in [0.717, 1.165) is 6.42 Å². The largest absolute Gasteiger partial charge is 0.354 e. The molecule has 0 unspecified atom stereocenters. The van der Waals surface area contributed by atoms with E-state index in [0.29, 0.717) is 36.6 Å². The number of fused-ring (bicyclic) bond motifs is 1. The lowest BCUT2D eigenvalue weighted by atomic mass is 9.86. The van der Waals surface area contributed by atoms with E-state index in [2.05, 4.69) is 10.6 Å². The fraction of sp³-hybridized carbons (Fsp3) is 0.583. The van der Waals surface area contributed by atoms with Crippen LogP contribution in [0.5, 0.6) is 0 Å². The summed E-state index contributed by atoms with van der Waals surface area (Å²) in [6, 6.07) is 4.55. The first-order chi connectivity index (χ1) is 14.7. The van der Waals surface area contributed by atoms with E-state index in [1.54, 1.807) is 26.8 Å². The first-order valence-corrected chi connectivity index (χ1v) is 11.3. The number of nitrogens with zero attached hydrogens (tertiary/aromatic N) is 1. The summed E-state index contributed by atoms with van der Waals surface area (Å²) in [5.41, 5.74) is 0.259. The van der Waals surface area contributed by atoms with Crippen LogP contribution in [-0.2, 0) is 4.79 Å². The molecule has 0 saturated heterocycles. The highest BCUT2D eigenvalue weighted by molar-refractivity contribution is 6.22. The second-order valence-electron chi connectivity index (χ2n) is 9.53. The van der Waals surface area contributed by atoms with Crippen molar-refractivity contribution in [2.45, 2.75) is 71.3 Å². The SMILES string of the molecule is CC(C)(C)N1C(=O)c2ccc(C(=O)NCCNC(=O)CCC3CCCCC3)cc2C1=O. The number of benzene rings is 1. The fourth-order valence-corrected chi connectivity index (χ4v) is 4.37. The summed E-state index contributed by atoms with van der Waals surface area (Å²) in [6.07, 6.45) is 7.78. The number of hydrogen-bond donors (Lipinski definition) is 2. The highest BCUT2D eigenvalue weighted by atomic mass is 16.2. The standard InChI is InChI=1S/C24H33N3O4/c1-24(2,3)27-22(30)18-11-10-17(15-19(18)23(27)31)21(29)26-14-13-25-20(28)12-9-16-7-5-4-6-8-16/h10-11,15-16H,4-9,12-14H2,1-3H3,(H,25,28)(H,26,29). The van der Waals surface area contributed by atoms with Crippen molar-refractivity contribution in [2.75, 3.05) is 13.1 Å². The predicted octanol–water partition coefficient (Wildman–Crippen LogP) is 3.29. The molecule has 1 saturated carbocycles. The molecule has 1 aromatic rings. The minimum absolute atomic E-state index is 0.0173. The van der Waals surface area contributed by atoms with Crippen LogP contribution in [0.2, 0.25) is 0 Å². The maximum Gasteiger partial charge on any atom is 0.262 e. The molecule has 0 atom stereocenters. The Morgan fingerprint density at radius 3 is 2.29 bits per heavy atom. The zero-order chi connectivity index (χ0) is 22.6. The first kappa shape index (κ1) is 23.0. The Morgan fingerprint density at radius 2 is 1.61 bits per heavy atom. The van der Waals surface area contributed by atoms with Crippen LogP contribution in [0.1, 0.15) is 96.8 Å². The monoisotopic (exact) mass is 427 g/mol. The normalized spacial score (nSPS) is 16.9. The number of hydrogen-bond acceptors (Lipinski definition) is 4. The van der Waals surface area contributed by atoms with Crippen molar-refractivity contribution >= 4 is 23.6 Å². The van der Waals surface area contributed by atoms with Gasteiger partial charge in [-0.05, 0) is 51.3 Å². The third-order valence-electron chi connectivity index (χ3n) is 6.06.